The highest BCUT2D eigenvalue weighted by molar-refractivity contribution is 7.46. The Morgan fingerprint density at radius 3 is 2.82 bits per heavy atom. The second-order valence-corrected chi connectivity index (χ2v) is 11.5. The van der Waals surface area contributed by atoms with E-state index in [1.54, 1.807) is 24.4 Å². The molecular formula is C28H32F2N7O7P. The summed E-state index contributed by atoms with van der Waals surface area (Å²) in [5.41, 5.74) is 0.315. The van der Waals surface area contributed by atoms with Gasteiger partial charge in [0.25, 0.3) is 0 Å². The topological polar surface area (TPSA) is 173 Å². The number of ether oxygens (including phenoxy) is 2. The number of methoxy groups -OCH3 is 1. The summed E-state index contributed by atoms with van der Waals surface area (Å²) in [7, 11) is -2.99. The van der Waals surface area contributed by atoms with Gasteiger partial charge < -0.3 is 29.9 Å². The van der Waals surface area contributed by atoms with Crippen LogP contribution in [0.2, 0.25) is 0 Å². The highest BCUT2D eigenvalue weighted by Gasteiger charge is 2.27. The fourth-order valence-electron chi connectivity index (χ4n) is 5.02. The van der Waals surface area contributed by atoms with Crippen molar-refractivity contribution in [2.75, 3.05) is 44.0 Å². The van der Waals surface area contributed by atoms with Crippen LogP contribution in [0.4, 0.5) is 26.1 Å². The van der Waals surface area contributed by atoms with Crippen LogP contribution in [0.25, 0.3) is 10.9 Å². The second kappa shape index (κ2) is 14.3. The molecule has 2 aromatic carbocycles. The van der Waals surface area contributed by atoms with Crippen molar-refractivity contribution in [2.45, 2.75) is 31.8 Å². The monoisotopic (exact) mass is 647 g/mol. The molecule has 17 heteroatoms. The van der Waals surface area contributed by atoms with E-state index in [1.807, 2.05) is 0 Å². The van der Waals surface area contributed by atoms with Gasteiger partial charge in [0.2, 0.25) is 5.91 Å². The van der Waals surface area contributed by atoms with Crippen LogP contribution in [0.15, 0.2) is 48.9 Å². The normalized spacial score (nSPS) is 15.4. The van der Waals surface area contributed by atoms with Gasteiger partial charge in [-0.1, -0.05) is 6.07 Å². The van der Waals surface area contributed by atoms with Gasteiger partial charge in [0.1, 0.15) is 18.7 Å². The van der Waals surface area contributed by atoms with Gasteiger partial charge in [-0.2, -0.15) is 5.10 Å². The maximum Gasteiger partial charge on any atom is 0.469 e. The van der Waals surface area contributed by atoms with E-state index >= 15 is 0 Å². The zero-order valence-corrected chi connectivity index (χ0v) is 25.1. The first kappa shape index (κ1) is 32.2. The van der Waals surface area contributed by atoms with E-state index < -0.39 is 25.4 Å². The van der Waals surface area contributed by atoms with Gasteiger partial charge in [-0.15, -0.1) is 0 Å². The molecule has 1 saturated heterocycles. The van der Waals surface area contributed by atoms with E-state index in [0.29, 0.717) is 53.6 Å². The Bertz CT molecular complexity index is 1700. The van der Waals surface area contributed by atoms with Crippen molar-refractivity contribution >= 4 is 42.0 Å². The van der Waals surface area contributed by atoms with E-state index in [4.69, 9.17) is 23.8 Å². The van der Waals surface area contributed by atoms with Gasteiger partial charge in [-0.25, -0.2) is 23.3 Å². The Balaban J connectivity index is 1.19. The number of amides is 1. The summed E-state index contributed by atoms with van der Waals surface area (Å²) in [6.07, 6.45) is 5.34. The molecular weight excluding hydrogens is 615 g/mol. The van der Waals surface area contributed by atoms with E-state index in [-0.39, 0.29) is 24.9 Å². The molecule has 0 spiro atoms. The smallest absolute Gasteiger partial charge is 0.469 e. The van der Waals surface area contributed by atoms with Crippen molar-refractivity contribution in [1.29, 1.82) is 0 Å². The van der Waals surface area contributed by atoms with Gasteiger partial charge in [-0.3, -0.25) is 18.9 Å². The van der Waals surface area contributed by atoms with Crippen LogP contribution < -0.4 is 20.1 Å². The van der Waals surface area contributed by atoms with Gasteiger partial charge in [0.05, 0.1) is 31.5 Å². The summed E-state index contributed by atoms with van der Waals surface area (Å²) >= 11 is 0. The van der Waals surface area contributed by atoms with Crippen molar-refractivity contribution in [3.8, 4) is 11.5 Å². The third kappa shape index (κ3) is 8.49. The molecule has 1 fully saturated rings. The van der Waals surface area contributed by atoms with E-state index in [1.165, 1.54) is 30.3 Å². The van der Waals surface area contributed by atoms with Gasteiger partial charge in [-0.05, 0) is 44.0 Å². The first-order valence-corrected chi connectivity index (χ1v) is 15.6. The summed E-state index contributed by atoms with van der Waals surface area (Å²) in [5.74, 6) is -1.04. The molecule has 0 unspecified atom stereocenters. The minimum atomic E-state index is -4.51. The molecule has 0 bridgehead atoms. The molecule has 4 aromatic rings. The number of rotatable bonds is 14. The number of phosphoric acid groups is 1. The summed E-state index contributed by atoms with van der Waals surface area (Å²) in [4.78, 5) is 41.2. The molecule has 240 valence electrons. The van der Waals surface area contributed by atoms with E-state index in [0.717, 1.165) is 25.5 Å². The lowest BCUT2D eigenvalue weighted by Gasteiger charge is -2.24. The number of hydrogen-bond donors (Lipinski definition) is 4. The van der Waals surface area contributed by atoms with Crippen LogP contribution >= 0.6 is 7.82 Å². The SMILES string of the molecule is COc1cc2c(Nc3ccn(CC(=O)Nc4cccc(F)c4F)n3)ncnc2cc1OCCCN1CCC[C@@H]1COP(=O)(O)O. The average molecular weight is 648 g/mol. The van der Waals surface area contributed by atoms with Crippen LogP contribution in [0.3, 0.4) is 0 Å². The molecule has 1 aliphatic heterocycles. The highest BCUT2D eigenvalue weighted by atomic mass is 31.2. The van der Waals surface area contributed by atoms with Gasteiger partial charge in [0.15, 0.2) is 29.0 Å². The molecule has 2 aromatic heterocycles. The molecule has 4 N–H and O–H groups in total. The van der Waals surface area contributed by atoms with Crippen molar-refractivity contribution in [1.82, 2.24) is 24.6 Å². The summed E-state index contributed by atoms with van der Waals surface area (Å²) in [5, 5.41) is 10.4. The Hall–Kier alpha value is -4.21. The van der Waals surface area contributed by atoms with Crippen molar-refractivity contribution < 1.29 is 41.9 Å². The standard InChI is InChI=1S/C28H32F2N7O7P/c1-42-23-13-19-22(14-24(23)43-12-4-10-36-9-3-5-18(36)16-44-45(39,40)41)31-17-32-28(19)34-25-8-11-37(35-25)15-26(38)33-21-7-2-6-20(29)27(21)30/h2,6-8,11,13-14,17-18H,3-5,9-10,12,15-16H2,1H3,(H,33,38)(H2,39,40,41)(H,31,32,34,35)/t18-/m1/s1. The molecule has 1 atom stereocenters. The Morgan fingerprint density at radius 2 is 2.02 bits per heavy atom. The number of nitrogens with one attached hydrogen (secondary N) is 2. The lowest BCUT2D eigenvalue weighted by Crippen LogP contribution is -2.34. The summed E-state index contributed by atoms with van der Waals surface area (Å²) in [6, 6.07) is 8.57. The third-order valence-corrected chi connectivity index (χ3v) is 7.61. The number of aromatic nitrogens is 4. The number of nitrogens with zero attached hydrogens (tertiary/aromatic N) is 5. The lowest BCUT2D eigenvalue weighted by atomic mass is 10.2. The number of carbonyl (C=O) groups is 1. The molecule has 0 aliphatic carbocycles. The number of phosphoric ester groups is 1. The fourth-order valence-corrected chi connectivity index (χ4v) is 5.39. The Kier molecular flexibility index (Phi) is 10.2. The first-order chi connectivity index (χ1) is 21.6. The molecule has 5 rings (SSSR count). The molecule has 14 nitrogen and oxygen atoms in total. The Morgan fingerprint density at radius 1 is 1.18 bits per heavy atom. The molecule has 45 heavy (non-hydrogen) atoms. The third-order valence-electron chi connectivity index (χ3n) is 7.12. The van der Waals surface area contributed by atoms with Gasteiger partial charge in [0, 0.05) is 36.3 Å². The zero-order chi connectivity index (χ0) is 32.0. The van der Waals surface area contributed by atoms with E-state index in [9.17, 15) is 18.1 Å². The highest BCUT2D eigenvalue weighted by Crippen LogP contribution is 2.37. The number of benzene rings is 2. The lowest BCUT2D eigenvalue weighted by molar-refractivity contribution is -0.116. The van der Waals surface area contributed by atoms with Crippen molar-refractivity contribution in [3.63, 3.8) is 0 Å². The van der Waals surface area contributed by atoms with Gasteiger partial charge >= 0.3 is 7.82 Å². The molecule has 3 heterocycles. The number of anilines is 3. The predicted octanol–water partition coefficient (Wildman–Crippen LogP) is 3.84. The number of carbonyl (C=O) groups excluding carboxylic acids is 1. The molecule has 1 amide bonds. The van der Waals surface area contributed by atoms with Crippen LogP contribution in [-0.4, -0.2) is 79.8 Å². The molecule has 0 radical (unpaired) electrons. The number of likely N-dealkylation sites (tertiary alicyclic amines) is 1. The number of hydrogen-bond acceptors (Lipinski definition) is 10. The minimum Gasteiger partial charge on any atom is -0.493 e. The second-order valence-electron chi connectivity index (χ2n) is 10.2. The fraction of sp³-hybridized carbons (Fsp3) is 0.357. The maximum absolute atomic E-state index is 13.9. The first-order valence-electron chi connectivity index (χ1n) is 14.0. The van der Waals surface area contributed by atoms with Crippen molar-refractivity contribution in [3.05, 3.63) is 60.6 Å². The Labute approximate surface area is 256 Å². The molecule has 1 aliphatic rings. The average Bonchev–Trinajstić information content (AvgIpc) is 3.65. The van der Waals surface area contributed by atoms with Crippen molar-refractivity contribution in [2.24, 2.45) is 0 Å². The van der Waals surface area contributed by atoms with Crippen LogP contribution in [0, 0.1) is 11.6 Å². The summed E-state index contributed by atoms with van der Waals surface area (Å²) < 4.78 is 56.0. The number of halogens is 2. The molecule has 0 saturated carbocycles. The predicted molar refractivity (Wildman–Crippen MR) is 159 cm³/mol. The quantitative estimate of drug-likeness (QED) is 0.115. The van der Waals surface area contributed by atoms with Crippen LogP contribution in [0.5, 0.6) is 11.5 Å². The number of fused-ring (bicyclic) bond motifs is 1. The van der Waals surface area contributed by atoms with Crippen LogP contribution in [0.1, 0.15) is 19.3 Å². The zero-order valence-electron chi connectivity index (χ0n) is 24.2. The van der Waals surface area contributed by atoms with Crippen LogP contribution in [-0.2, 0) is 20.4 Å². The largest absolute Gasteiger partial charge is 0.493 e. The minimum absolute atomic E-state index is 0.0208. The summed E-state index contributed by atoms with van der Waals surface area (Å²) in [6.45, 7) is 1.61. The maximum atomic E-state index is 13.9. The van der Waals surface area contributed by atoms with E-state index in [2.05, 4.69) is 30.6 Å².